The van der Waals surface area contributed by atoms with Gasteiger partial charge in [-0.05, 0) is 41.4 Å². The van der Waals surface area contributed by atoms with E-state index < -0.39 is 0 Å². The fraction of sp³-hybridized carbons (Fsp3) is 0.600. The lowest BCUT2D eigenvalue weighted by Gasteiger charge is -2.21. The molecular formula is C15H22BrClFNS. The smallest absolute Gasteiger partial charge is 0.147 e. The minimum absolute atomic E-state index is 0.000417. The second-order valence-corrected chi connectivity index (χ2v) is 7.53. The van der Waals surface area contributed by atoms with Crippen molar-refractivity contribution in [3.05, 3.63) is 33.0 Å². The van der Waals surface area contributed by atoms with Crippen molar-refractivity contribution in [3.8, 4) is 0 Å². The molecule has 0 bridgehead atoms. The lowest BCUT2D eigenvalue weighted by atomic mass is 10.1. The highest BCUT2D eigenvalue weighted by molar-refractivity contribution is 9.10. The summed E-state index contributed by atoms with van der Waals surface area (Å²) in [5.74, 6) is 0.531. The summed E-state index contributed by atoms with van der Waals surface area (Å²) >= 11 is 11.1. The molecule has 0 radical (unpaired) electrons. The number of hydrogen-bond donors (Lipinski definition) is 1. The molecule has 0 aliphatic heterocycles. The molecule has 0 aliphatic rings. The van der Waals surface area contributed by atoms with E-state index in [0.29, 0.717) is 15.3 Å². The van der Waals surface area contributed by atoms with E-state index in [0.717, 1.165) is 25.1 Å². The first-order chi connectivity index (χ1) is 9.51. The Balaban J connectivity index is 2.89. The van der Waals surface area contributed by atoms with Crippen molar-refractivity contribution in [3.63, 3.8) is 0 Å². The molecule has 0 heterocycles. The average molecular weight is 383 g/mol. The Morgan fingerprint density at radius 1 is 1.40 bits per heavy atom. The first kappa shape index (κ1) is 18.3. The zero-order valence-electron chi connectivity index (χ0n) is 12.2. The summed E-state index contributed by atoms with van der Waals surface area (Å²) in [6.45, 7) is 7.35. The van der Waals surface area contributed by atoms with E-state index in [2.05, 4.69) is 42.0 Å². The summed E-state index contributed by atoms with van der Waals surface area (Å²) in [4.78, 5) is 0. The monoisotopic (exact) mass is 381 g/mol. The molecule has 1 aromatic rings. The first-order valence-electron chi connectivity index (χ1n) is 6.99. The predicted octanol–water partition coefficient (Wildman–Crippen LogP) is 5.81. The fourth-order valence-electron chi connectivity index (χ4n) is 1.77. The molecule has 114 valence electrons. The largest absolute Gasteiger partial charge is 0.309 e. The highest BCUT2D eigenvalue weighted by atomic mass is 79.9. The fourth-order valence-corrected chi connectivity index (χ4v) is 3.30. The minimum atomic E-state index is -0.320. The van der Waals surface area contributed by atoms with Crippen LogP contribution in [0.2, 0.25) is 5.02 Å². The van der Waals surface area contributed by atoms with E-state index in [1.54, 1.807) is 0 Å². The van der Waals surface area contributed by atoms with Crippen LogP contribution in [0.25, 0.3) is 0 Å². The van der Waals surface area contributed by atoms with Gasteiger partial charge in [-0.2, -0.15) is 11.8 Å². The number of rotatable bonds is 8. The van der Waals surface area contributed by atoms with Crippen molar-refractivity contribution in [2.75, 3.05) is 12.3 Å². The maximum absolute atomic E-state index is 14.3. The lowest BCUT2D eigenvalue weighted by Crippen LogP contribution is -2.25. The summed E-state index contributed by atoms with van der Waals surface area (Å²) in [5, 5.41) is 4.16. The number of hydrogen-bond acceptors (Lipinski definition) is 2. The maximum atomic E-state index is 14.3. The molecule has 1 nitrogen and oxygen atoms in total. The third-order valence-corrected chi connectivity index (χ3v) is 5.89. The van der Waals surface area contributed by atoms with Crippen LogP contribution in [-0.4, -0.2) is 17.5 Å². The second kappa shape index (κ2) is 9.29. The molecule has 0 saturated heterocycles. The van der Waals surface area contributed by atoms with Crippen LogP contribution in [0.5, 0.6) is 0 Å². The number of halogens is 3. The highest BCUT2D eigenvalue weighted by Crippen LogP contribution is 2.32. The first-order valence-corrected chi connectivity index (χ1v) is 9.21. The molecule has 0 aliphatic carbocycles. The van der Waals surface area contributed by atoms with Crippen LogP contribution in [0.15, 0.2) is 16.6 Å². The summed E-state index contributed by atoms with van der Waals surface area (Å²) in [5.41, 5.74) is 0.655. The Bertz CT molecular complexity index is 431. The molecule has 0 amide bonds. The second-order valence-electron chi connectivity index (χ2n) is 4.82. The van der Waals surface area contributed by atoms with Crippen molar-refractivity contribution in [1.82, 2.24) is 5.32 Å². The standard InChI is InChI=1S/C15H22BrClFNS/c1-4-8-19-13(9-20-10(3)5-2)11-6-7-12(16)14(17)15(11)18/h6-7,10,13,19H,4-5,8-9H2,1-3H3. The Morgan fingerprint density at radius 3 is 2.70 bits per heavy atom. The van der Waals surface area contributed by atoms with Gasteiger partial charge in [0.1, 0.15) is 5.82 Å². The zero-order valence-corrected chi connectivity index (χ0v) is 15.3. The van der Waals surface area contributed by atoms with Gasteiger partial charge in [-0.1, -0.05) is 38.4 Å². The SMILES string of the molecule is CCCNC(CSC(C)CC)c1ccc(Br)c(Cl)c1F. The van der Waals surface area contributed by atoms with Gasteiger partial charge in [-0.25, -0.2) is 4.39 Å². The van der Waals surface area contributed by atoms with Crippen LogP contribution < -0.4 is 5.32 Å². The number of nitrogens with one attached hydrogen (secondary N) is 1. The maximum Gasteiger partial charge on any atom is 0.147 e. The molecule has 1 aromatic carbocycles. The summed E-state index contributed by atoms with van der Waals surface area (Å²) in [6.07, 6.45) is 2.14. The van der Waals surface area contributed by atoms with Crippen molar-refractivity contribution in [1.29, 1.82) is 0 Å². The average Bonchev–Trinajstić information content (AvgIpc) is 2.45. The van der Waals surface area contributed by atoms with Gasteiger partial charge in [-0.3, -0.25) is 0 Å². The number of thioether (sulfide) groups is 1. The lowest BCUT2D eigenvalue weighted by molar-refractivity contribution is 0.532. The van der Waals surface area contributed by atoms with Crippen LogP contribution in [0, 0.1) is 5.82 Å². The topological polar surface area (TPSA) is 12.0 Å². The van der Waals surface area contributed by atoms with Gasteiger partial charge in [0.05, 0.1) is 5.02 Å². The van der Waals surface area contributed by atoms with E-state index in [1.165, 1.54) is 0 Å². The van der Waals surface area contributed by atoms with Crippen LogP contribution in [0.3, 0.4) is 0 Å². The van der Waals surface area contributed by atoms with E-state index in [4.69, 9.17) is 11.6 Å². The van der Waals surface area contributed by atoms with Crippen molar-refractivity contribution < 1.29 is 4.39 Å². The predicted molar refractivity (Wildman–Crippen MR) is 92.4 cm³/mol. The molecule has 1 N–H and O–H groups in total. The van der Waals surface area contributed by atoms with Gasteiger partial charge in [-0.15, -0.1) is 0 Å². The van der Waals surface area contributed by atoms with E-state index in [1.807, 2.05) is 23.9 Å². The van der Waals surface area contributed by atoms with Gasteiger partial charge >= 0.3 is 0 Å². The van der Waals surface area contributed by atoms with E-state index in [-0.39, 0.29) is 16.9 Å². The van der Waals surface area contributed by atoms with Crippen molar-refractivity contribution in [2.24, 2.45) is 0 Å². The molecule has 0 spiro atoms. The molecular weight excluding hydrogens is 361 g/mol. The number of benzene rings is 1. The molecule has 20 heavy (non-hydrogen) atoms. The van der Waals surface area contributed by atoms with Gasteiger partial charge in [0.25, 0.3) is 0 Å². The zero-order chi connectivity index (χ0) is 15.1. The summed E-state index contributed by atoms with van der Waals surface area (Å²) < 4.78 is 14.9. The Labute approximate surface area is 139 Å². The van der Waals surface area contributed by atoms with Gasteiger partial charge in [0.2, 0.25) is 0 Å². The minimum Gasteiger partial charge on any atom is -0.309 e. The van der Waals surface area contributed by atoms with E-state index >= 15 is 0 Å². The van der Waals surface area contributed by atoms with Crippen LogP contribution in [0.4, 0.5) is 4.39 Å². The Hall–Kier alpha value is 0.230. The molecule has 0 fully saturated rings. The summed E-state index contributed by atoms with van der Waals surface area (Å²) in [7, 11) is 0. The highest BCUT2D eigenvalue weighted by Gasteiger charge is 2.19. The van der Waals surface area contributed by atoms with Crippen molar-refractivity contribution >= 4 is 39.3 Å². The molecule has 0 aromatic heterocycles. The molecule has 0 saturated carbocycles. The van der Waals surface area contributed by atoms with Crippen molar-refractivity contribution in [2.45, 2.75) is 44.9 Å². The van der Waals surface area contributed by atoms with Crippen LogP contribution in [-0.2, 0) is 0 Å². The van der Waals surface area contributed by atoms with Gasteiger partial charge in [0, 0.05) is 27.1 Å². The van der Waals surface area contributed by atoms with E-state index in [9.17, 15) is 4.39 Å². The molecule has 1 rings (SSSR count). The quantitative estimate of drug-likeness (QED) is 0.569. The Kier molecular flexibility index (Phi) is 8.49. The third kappa shape index (κ3) is 5.21. The molecule has 2 unspecified atom stereocenters. The third-order valence-electron chi connectivity index (χ3n) is 3.20. The van der Waals surface area contributed by atoms with Crippen LogP contribution >= 0.6 is 39.3 Å². The summed E-state index contributed by atoms with van der Waals surface area (Å²) in [6, 6.07) is 3.63. The van der Waals surface area contributed by atoms with Gasteiger partial charge in [0.15, 0.2) is 0 Å². The molecule has 5 heteroatoms. The van der Waals surface area contributed by atoms with Gasteiger partial charge < -0.3 is 5.32 Å². The normalized spacial score (nSPS) is 14.3. The molecule has 2 atom stereocenters. The van der Waals surface area contributed by atoms with Crippen LogP contribution in [0.1, 0.15) is 45.2 Å². The Morgan fingerprint density at radius 2 is 2.10 bits per heavy atom.